The van der Waals surface area contributed by atoms with E-state index in [1.165, 1.54) is 0 Å². The second kappa shape index (κ2) is 6.57. The minimum Gasteiger partial charge on any atom is -0.388 e. The zero-order valence-electron chi connectivity index (χ0n) is 11.6. The van der Waals surface area contributed by atoms with E-state index in [0.29, 0.717) is 44.0 Å². The molecule has 0 saturated carbocycles. The number of carbonyl (C=O) groups is 1. The van der Waals surface area contributed by atoms with Crippen LogP contribution in [0, 0.1) is 0 Å². The Morgan fingerprint density at radius 3 is 2.50 bits per heavy atom. The molecule has 1 fully saturated rings. The fraction of sp³-hybridized carbons (Fsp3) is 0.533. The van der Waals surface area contributed by atoms with Gasteiger partial charge in [0.05, 0.1) is 5.60 Å². The van der Waals surface area contributed by atoms with Gasteiger partial charge in [0.25, 0.3) is 5.91 Å². The van der Waals surface area contributed by atoms with E-state index in [1.807, 2.05) is 12.1 Å². The predicted octanol–water partition coefficient (Wildman–Crippen LogP) is 2.04. The van der Waals surface area contributed by atoms with Crippen LogP contribution in [0.25, 0.3) is 0 Å². The van der Waals surface area contributed by atoms with E-state index in [9.17, 15) is 9.90 Å². The Morgan fingerprint density at radius 1 is 1.35 bits per heavy atom. The van der Waals surface area contributed by atoms with Crippen molar-refractivity contribution in [3.8, 4) is 0 Å². The van der Waals surface area contributed by atoms with Gasteiger partial charge < -0.3 is 14.7 Å². The summed E-state index contributed by atoms with van der Waals surface area (Å²) in [5.74, 6) is 0.343. The van der Waals surface area contributed by atoms with Gasteiger partial charge in [-0.3, -0.25) is 4.79 Å². The summed E-state index contributed by atoms with van der Waals surface area (Å²) in [5.41, 5.74) is 0.754. The highest BCUT2D eigenvalue weighted by Crippen LogP contribution is 2.22. The summed E-state index contributed by atoms with van der Waals surface area (Å²) in [6, 6.07) is 7.23. The van der Waals surface area contributed by atoms with Gasteiger partial charge in [-0.15, -0.1) is 11.6 Å². The van der Waals surface area contributed by atoms with Gasteiger partial charge in [-0.25, -0.2) is 0 Å². The number of ether oxygens (including phenoxy) is 1. The molecule has 4 nitrogen and oxygen atoms in total. The smallest absolute Gasteiger partial charge is 0.253 e. The van der Waals surface area contributed by atoms with Crippen molar-refractivity contribution in [3.63, 3.8) is 0 Å². The summed E-state index contributed by atoms with van der Waals surface area (Å²) in [6.45, 7) is 1.42. The maximum Gasteiger partial charge on any atom is 0.253 e. The highest BCUT2D eigenvalue weighted by molar-refractivity contribution is 6.17. The van der Waals surface area contributed by atoms with Crippen LogP contribution in [0.15, 0.2) is 24.3 Å². The van der Waals surface area contributed by atoms with Crippen molar-refractivity contribution in [2.24, 2.45) is 0 Å². The third-order valence-electron chi connectivity index (χ3n) is 3.66. The first-order chi connectivity index (χ1) is 9.54. The molecule has 1 heterocycles. The molecule has 1 amide bonds. The first-order valence-corrected chi connectivity index (χ1v) is 7.28. The first-order valence-electron chi connectivity index (χ1n) is 6.74. The maximum absolute atomic E-state index is 12.3. The van der Waals surface area contributed by atoms with Gasteiger partial charge >= 0.3 is 0 Å². The summed E-state index contributed by atoms with van der Waals surface area (Å²) >= 11 is 5.73. The predicted molar refractivity (Wildman–Crippen MR) is 78.0 cm³/mol. The second-order valence-corrected chi connectivity index (χ2v) is 5.60. The molecule has 1 aromatic rings. The molecule has 0 radical (unpaired) electrons. The van der Waals surface area contributed by atoms with E-state index in [-0.39, 0.29) is 5.91 Å². The molecule has 0 bridgehead atoms. The molecule has 1 saturated heterocycles. The summed E-state index contributed by atoms with van der Waals surface area (Å²) in [4.78, 5) is 13.9. The van der Waals surface area contributed by atoms with Gasteiger partial charge in [-0.2, -0.15) is 0 Å². The van der Waals surface area contributed by atoms with Gasteiger partial charge in [-0.1, -0.05) is 12.1 Å². The zero-order chi connectivity index (χ0) is 14.6. The number of carbonyl (C=O) groups excluding carboxylic acids is 1. The molecule has 2 rings (SSSR count). The largest absolute Gasteiger partial charge is 0.388 e. The Bertz CT molecular complexity index is 455. The van der Waals surface area contributed by atoms with Gasteiger partial charge in [0.2, 0.25) is 0 Å². The van der Waals surface area contributed by atoms with E-state index in [1.54, 1.807) is 24.1 Å². The number of likely N-dealkylation sites (N-methyl/N-ethyl adjacent to an activating group) is 1. The Hall–Kier alpha value is -1.10. The molecular weight excluding hydrogens is 278 g/mol. The zero-order valence-corrected chi connectivity index (χ0v) is 12.4. The van der Waals surface area contributed by atoms with Crippen LogP contribution in [-0.2, 0) is 10.6 Å². The van der Waals surface area contributed by atoms with Crippen LogP contribution < -0.4 is 0 Å². The third kappa shape index (κ3) is 3.72. The fourth-order valence-electron chi connectivity index (χ4n) is 2.38. The van der Waals surface area contributed by atoms with Crippen molar-refractivity contribution < 1.29 is 14.6 Å². The number of amides is 1. The Labute approximate surface area is 124 Å². The Balaban J connectivity index is 2.00. The van der Waals surface area contributed by atoms with Crippen LogP contribution in [-0.4, -0.2) is 48.3 Å². The molecule has 0 spiro atoms. The van der Waals surface area contributed by atoms with Gasteiger partial charge in [-0.05, 0) is 17.7 Å². The molecule has 1 N–H and O–H groups in total. The molecule has 0 aliphatic carbocycles. The van der Waals surface area contributed by atoms with Crippen molar-refractivity contribution >= 4 is 17.5 Å². The lowest BCUT2D eigenvalue weighted by molar-refractivity contribution is -0.0734. The molecule has 110 valence electrons. The van der Waals surface area contributed by atoms with Crippen molar-refractivity contribution in [3.05, 3.63) is 35.4 Å². The number of alkyl halides is 1. The average Bonchev–Trinajstić information content (AvgIpc) is 2.47. The van der Waals surface area contributed by atoms with E-state index >= 15 is 0 Å². The molecule has 1 aromatic carbocycles. The van der Waals surface area contributed by atoms with Crippen molar-refractivity contribution in [2.45, 2.75) is 24.3 Å². The van der Waals surface area contributed by atoms with Crippen LogP contribution in [0.1, 0.15) is 28.8 Å². The van der Waals surface area contributed by atoms with E-state index in [4.69, 9.17) is 16.3 Å². The number of benzene rings is 1. The summed E-state index contributed by atoms with van der Waals surface area (Å²) < 4.78 is 5.24. The van der Waals surface area contributed by atoms with Crippen molar-refractivity contribution in [1.29, 1.82) is 0 Å². The monoisotopic (exact) mass is 297 g/mol. The highest BCUT2D eigenvalue weighted by Gasteiger charge is 2.32. The lowest BCUT2D eigenvalue weighted by Crippen LogP contribution is -2.47. The SMILES string of the molecule is CN(CC1(O)CCOCC1)C(=O)c1ccc(CCl)cc1. The summed E-state index contributed by atoms with van der Waals surface area (Å²) in [6.07, 6.45) is 1.13. The fourth-order valence-corrected chi connectivity index (χ4v) is 2.56. The van der Waals surface area contributed by atoms with Crippen LogP contribution >= 0.6 is 11.6 Å². The lowest BCUT2D eigenvalue weighted by Gasteiger charge is -2.35. The van der Waals surface area contributed by atoms with E-state index < -0.39 is 5.60 Å². The molecular formula is C15H20ClNO3. The van der Waals surface area contributed by atoms with Crippen LogP contribution in [0.5, 0.6) is 0 Å². The number of halogens is 1. The van der Waals surface area contributed by atoms with Crippen LogP contribution in [0.4, 0.5) is 0 Å². The number of hydrogen-bond acceptors (Lipinski definition) is 3. The first kappa shape index (κ1) is 15.3. The number of nitrogens with zero attached hydrogens (tertiary/aromatic N) is 1. The molecule has 0 atom stereocenters. The molecule has 0 unspecified atom stereocenters. The third-order valence-corrected chi connectivity index (χ3v) is 3.97. The normalized spacial score (nSPS) is 17.8. The Morgan fingerprint density at radius 2 is 1.95 bits per heavy atom. The number of hydrogen-bond donors (Lipinski definition) is 1. The van der Waals surface area contributed by atoms with Crippen LogP contribution in [0.2, 0.25) is 0 Å². The molecule has 20 heavy (non-hydrogen) atoms. The summed E-state index contributed by atoms with van der Waals surface area (Å²) in [7, 11) is 1.71. The number of aliphatic hydroxyl groups is 1. The standard InChI is InChI=1S/C15H20ClNO3/c1-17(11-15(19)6-8-20-9-7-15)14(18)13-4-2-12(10-16)3-5-13/h2-5,19H,6-11H2,1H3. The summed E-state index contributed by atoms with van der Waals surface area (Å²) in [5, 5.41) is 10.4. The van der Waals surface area contributed by atoms with Crippen molar-refractivity contribution in [2.75, 3.05) is 26.8 Å². The van der Waals surface area contributed by atoms with E-state index in [0.717, 1.165) is 5.56 Å². The number of rotatable bonds is 4. The van der Waals surface area contributed by atoms with E-state index in [2.05, 4.69) is 0 Å². The quantitative estimate of drug-likeness (QED) is 0.865. The Kier molecular flexibility index (Phi) is 5.02. The topological polar surface area (TPSA) is 49.8 Å². The molecule has 5 heteroatoms. The maximum atomic E-state index is 12.3. The van der Waals surface area contributed by atoms with Gasteiger partial charge in [0, 0.05) is 51.1 Å². The van der Waals surface area contributed by atoms with Gasteiger partial charge in [0.1, 0.15) is 0 Å². The van der Waals surface area contributed by atoms with Crippen molar-refractivity contribution in [1.82, 2.24) is 4.90 Å². The second-order valence-electron chi connectivity index (χ2n) is 5.33. The van der Waals surface area contributed by atoms with Gasteiger partial charge in [0.15, 0.2) is 0 Å². The lowest BCUT2D eigenvalue weighted by atomic mass is 9.93. The molecule has 1 aliphatic heterocycles. The minimum atomic E-state index is -0.835. The van der Waals surface area contributed by atoms with Crippen LogP contribution in [0.3, 0.4) is 0 Å². The minimum absolute atomic E-state index is 0.0916. The molecule has 1 aliphatic rings. The average molecular weight is 298 g/mol. The highest BCUT2D eigenvalue weighted by atomic mass is 35.5. The molecule has 0 aromatic heterocycles.